The van der Waals surface area contributed by atoms with Gasteiger partial charge in [0, 0.05) is 6.20 Å². The maximum atomic E-state index is 5.39. The molecular formula is C8H13N3. The van der Waals surface area contributed by atoms with E-state index >= 15 is 0 Å². The highest BCUT2D eigenvalue weighted by Gasteiger charge is 1.94. The Morgan fingerprint density at radius 3 is 3.18 bits per heavy atom. The van der Waals surface area contributed by atoms with Crippen LogP contribution in [0.25, 0.3) is 0 Å². The van der Waals surface area contributed by atoms with E-state index in [1.54, 1.807) is 0 Å². The molecule has 0 aromatic carbocycles. The van der Waals surface area contributed by atoms with Crippen molar-refractivity contribution in [3.8, 4) is 0 Å². The smallest absolute Gasteiger partial charge is 0.0587 e. The van der Waals surface area contributed by atoms with Crippen molar-refractivity contribution in [1.29, 1.82) is 0 Å². The zero-order chi connectivity index (χ0) is 8.10. The lowest BCUT2D eigenvalue weighted by Crippen LogP contribution is -2.01. The zero-order valence-corrected chi connectivity index (χ0v) is 6.53. The summed E-state index contributed by atoms with van der Waals surface area (Å²) < 4.78 is 1.85. The Kier molecular flexibility index (Phi) is 2.86. The molecule has 0 spiro atoms. The maximum Gasteiger partial charge on any atom is 0.0587 e. The van der Waals surface area contributed by atoms with Crippen LogP contribution in [-0.4, -0.2) is 16.3 Å². The topological polar surface area (TPSA) is 43.8 Å². The summed E-state index contributed by atoms with van der Waals surface area (Å²) in [6, 6.07) is 0. The molecule has 0 saturated heterocycles. The molecule has 1 aromatic heterocycles. The number of nitrogens with zero attached hydrogens (tertiary/aromatic N) is 2. The molecule has 0 aliphatic heterocycles. The number of hydrogen-bond donors (Lipinski definition) is 1. The molecule has 0 radical (unpaired) electrons. The average Bonchev–Trinajstić information content (AvgIpc) is 2.38. The summed E-state index contributed by atoms with van der Waals surface area (Å²) in [4.78, 5) is 0. The Balaban J connectivity index is 2.57. The second kappa shape index (κ2) is 3.93. The summed E-state index contributed by atoms with van der Waals surface area (Å²) in [6.07, 6.45) is 6.56. The van der Waals surface area contributed by atoms with E-state index in [4.69, 9.17) is 5.73 Å². The van der Waals surface area contributed by atoms with E-state index in [2.05, 4.69) is 11.7 Å². The molecule has 0 fully saturated rings. The van der Waals surface area contributed by atoms with Crippen LogP contribution in [-0.2, 0) is 13.0 Å². The van der Waals surface area contributed by atoms with Gasteiger partial charge in [-0.1, -0.05) is 6.08 Å². The third-order valence-electron chi connectivity index (χ3n) is 1.44. The fourth-order valence-corrected chi connectivity index (χ4v) is 0.934. The summed E-state index contributed by atoms with van der Waals surface area (Å²) in [5.41, 5.74) is 6.58. The van der Waals surface area contributed by atoms with Gasteiger partial charge >= 0.3 is 0 Å². The number of nitrogens with two attached hydrogens (primary N) is 1. The van der Waals surface area contributed by atoms with Crippen LogP contribution in [0.3, 0.4) is 0 Å². The van der Waals surface area contributed by atoms with E-state index in [9.17, 15) is 0 Å². The molecule has 0 aliphatic rings. The van der Waals surface area contributed by atoms with E-state index in [0.717, 1.165) is 13.0 Å². The Bertz CT molecular complexity index is 227. The minimum atomic E-state index is 0.680. The first kappa shape index (κ1) is 8.01. The molecule has 1 aromatic rings. The van der Waals surface area contributed by atoms with Crippen LogP contribution < -0.4 is 5.73 Å². The zero-order valence-electron chi connectivity index (χ0n) is 6.53. The molecule has 0 bridgehead atoms. The van der Waals surface area contributed by atoms with Gasteiger partial charge in [-0.3, -0.25) is 4.68 Å². The third-order valence-corrected chi connectivity index (χ3v) is 1.44. The Labute approximate surface area is 66.5 Å². The monoisotopic (exact) mass is 151 g/mol. The fraction of sp³-hybridized carbons (Fsp3) is 0.375. The van der Waals surface area contributed by atoms with Crippen molar-refractivity contribution in [3.63, 3.8) is 0 Å². The number of aromatic nitrogens is 2. The normalized spacial score (nSPS) is 9.91. The van der Waals surface area contributed by atoms with Gasteiger partial charge in [-0.2, -0.15) is 5.10 Å². The molecule has 0 saturated carbocycles. The van der Waals surface area contributed by atoms with Crippen molar-refractivity contribution in [2.45, 2.75) is 13.0 Å². The summed E-state index contributed by atoms with van der Waals surface area (Å²) in [7, 11) is 0. The molecule has 0 unspecified atom stereocenters. The summed E-state index contributed by atoms with van der Waals surface area (Å²) in [6.45, 7) is 5.07. The van der Waals surface area contributed by atoms with Gasteiger partial charge in [0.1, 0.15) is 0 Å². The van der Waals surface area contributed by atoms with E-state index < -0.39 is 0 Å². The first-order chi connectivity index (χ1) is 5.36. The van der Waals surface area contributed by atoms with Crippen LogP contribution in [0.1, 0.15) is 5.56 Å². The molecule has 0 atom stereocenters. The Morgan fingerprint density at radius 2 is 2.55 bits per heavy atom. The highest BCUT2D eigenvalue weighted by Crippen LogP contribution is 1.97. The highest BCUT2D eigenvalue weighted by atomic mass is 15.3. The molecule has 3 heteroatoms. The van der Waals surface area contributed by atoms with Crippen LogP contribution in [0.4, 0.5) is 0 Å². The van der Waals surface area contributed by atoms with Crippen molar-refractivity contribution < 1.29 is 0 Å². The lowest BCUT2D eigenvalue weighted by atomic mass is 10.3. The maximum absolute atomic E-state index is 5.39. The average molecular weight is 151 g/mol. The minimum absolute atomic E-state index is 0.680. The molecule has 60 valence electrons. The van der Waals surface area contributed by atoms with Crippen molar-refractivity contribution in [2.75, 3.05) is 6.54 Å². The Morgan fingerprint density at radius 1 is 1.73 bits per heavy atom. The van der Waals surface area contributed by atoms with Crippen molar-refractivity contribution in [1.82, 2.24) is 9.78 Å². The molecule has 11 heavy (non-hydrogen) atoms. The van der Waals surface area contributed by atoms with Crippen molar-refractivity contribution in [3.05, 3.63) is 30.6 Å². The number of rotatable bonds is 4. The molecule has 0 aliphatic carbocycles. The van der Waals surface area contributed by atoms with E-state index in [-0.39, 0.29) is 0 Å². The Hall–Kier alpha value is -1.09. The first-order valence-electron chi connectivity index (χ1n) is 3.69. The van der Waals surface area contributed by atoms with Gasteiger partial charge in [-0.25, -0.2) is 0 Å². The second-order valence-corrected chi connectivity index (χ2v) is 2.40. The van der Waals surface area contributed by atoms with E-state index in [1.165, 1.54) is 5.56 Å². The van der Waals surface area contributed by atoms with Gasteiger partial charge < -0.3 is 5.73 Å². The van der Waals surface area contributed by atoms with Gasteiger partial charge in [0.05, 0.1) is 12.7 Å². The lowest BCUT2D eigenvalue weighted by molar-refractivity contribution is 0.702. The fourth-order valence-electron chi connectivity index (χ4n) is 0.934. The van der Waals surface area contributed by atoms with Crippen molar-refractivity contribution in [2.24, 2.45) is 5.73 Å². The predicted molar refractivity (Wildman–Crippen MR) is 45.2 cm³/mol. The van der Waals surface area contributed by atoms with E-state index in [0.29, 0.717) is 6.54 Å². The van der Waals surface area contributed by atoms with Crippen LogP contribution in [0.2, 0.25) is 0 Å². The molecule has 0 amide bonds. The van der Waals surface area contributed by atoms with Crippen LogP contribution in [0.5, 0.6) is 0 Å². The van der Waals surface area contributed by atoms with Crippen LogP contribution in [0, 0.1) is 0 Å². The van der Waals surface area contributed by atoms with Crippen molar-refractivity contribution >= 4 is 0 Å². The molecule has 1 rings (SSSR count). The van der Waals surface area contributed by atoms with Gasteiger partial charge in [0.2, 0.25) is 0 Å². The second-order valence-electron chi connectivity index (χ2n) is 2.40. The number of allylic oxidation sites excluding steroid dienone is 1. The van der Waals surface area contributed by atoms with E-state index in [1.807, 2.05) is 23.2 Å². The van der Waals surface area contributed by atoms with Gasteiger partial charge in [0.15, 0.2) is 0 Å². The largest absolute Gasteiger partial charge is 0.330 e. The van der Waals surface area contributed by atoms with Crippen LogP contribution in [0.15, 0.2) is 25.0 Å². The predicted octanol–water partition coefficient (Wildman–Crippen LogP) is 0.570. The minimum Gasteiger partial charge on any atom is -0.330 e. The van der Waals surface area contributed by atoms with Crippen LogP contribution >= 0.6 is 0 Å². The summed E-state index contributed by atoms with van der Waals surface area (Å²) in [5, 5.41) is 4.11. The quantitative estimate of drug-likeness (QED) is 0.639. The standard InChI is InChI=1S/C8H13N3/c1-2-5-11-7-8(3-4-9)6-10-11/h2,6-7H,1,3-5,9H2. The first-order valence-corrected chi connectivity index (χ1v) is 3.69. The molecule has 2 N–H and O–H groups in total. The lowest BCUT2D eigenvalue weighted by Gasteiger charge is -1.92. The summed E-state index contributed by atoms with van der Waals surface area (Å²) in [5.74, 6) is 0. The van der Waals surface area contributed by atoms with Gasteiger partial charge in [0.25, 0.3) is 0 Å². The molecule has 3 nitrogen and oxygen atoms in total. The number of hydrogen-bond acceptors (Lipinski definition) is 2. The summed E-state index contributed by atoms with van der Waals surface area (Å²) >= 11 is 0. The molecular weight excluding hydrogens is 138 g/mol. The SMILES string of the molecule is C=CCn1cc(CCN)cn1. The van der Waals surface area contributed by atoms with Gasteiger partial charge in [-0.05, 0) is 18.5 Å². The third kappa shape index (κ3) is 2.20. The molecule has 1 heterocycles. The highest BCUT2D eigenvalue weighted by molar-refractivity contribution is 5.04. The van der Waals surface area contributed by atoms with Gasteiger partial charge in [-0.15, -0.1) is 6.58 Å².